The van der Waals surface area contributed by atoms with Crippen LogP contribution in [0.2, 0.25) is 0 Å². The molecule has 1 heterocycles. The molecule has 0 N–H and O–H groups in total. The Labute approximate surface area is 154 Å². The molecular formula is C21H35N3O. The third kappa shape index (κ3) is 5.07. The topological polar surface area (TPSA) is 35.9 Å². The van der Waals surface area contributed by atoms with E-state index < -0.39 is 0 Å². The summed E-state index contributed by atoms with van der Waals surface area (Å²) >= 11 is 0. The van der Waals surface area contributed by atoms with Crippen molar-refractivity contribution in [2.24, 2.45) is 4.99 Å². The monoisotopic (exact) mass is 345 g/mol. The molecule has 0 aromatic carbocycles. The molecule has 0 spiro atoms. The molecule has 140 valence electrons. The lowest BCUT2D eigenvalue weighted by Gasteiger charge is -2.30. The molecule has 4 nitrogen and oxygen atoms in total. The molecule has 4 heteroatoms. The molecular weight excluding hydrogens is 310 g/mol. The lowest BCUT2D eigenvalue weighted by molar-refractivity contribution is -0.126. The summed E-state index contributed by atoms with van der Waals surface area (Å²) in [5, 5.41) is 0. The van der Waals surface area contributed by atoms with Crippen LogP contribution in [0, 0.1) is 0 Å². The van der Waals surface area contributed by atoms with Crippen LogP contribution < -0.4 is 0 Å². The Balaban J connectivity index is 0.00000151. The number of amides is 1. The molecule has 25 heavy (non-hydrogen) atoms. The predicted octanol–water partition coefficient (Wildman–Crippen LogP) is 4.90. The highest BCUT2D eigenvalue weighted by molar-refractivity contribution is 6.12. The summed E-state index contributed by atoms with van der Waals surface area (Å²) in [5.41, 5.74) is 2.82. The van der Waals surface area contributed by atoms with Crippen molar-refractivity contribution in [3.8, 4) is 0 Å². The van der Waals surface area contributed by atoms with Gasteiger partial charge in [-0.2, -0.15) is 0 Å². The number of allylic oxidation sites excluding steroid dienone is 3. The van der Waals surface area contributed by atoms with E-state index >= 15 is 0 Å². The second-order valence-electron chi connectivity index (χ2n) is 6.47. The third-order valence-corrected chi connectivity index (χ3v) is 4.45. The van der Waals surface area contributed by atoms with Gasteiger partial charge in [-0.1, -0.05) is 45.8 Å². The molecule has 1 aliphatic heterocycles. The van der Waals surface area contributed by atoms with Crippen molar-refractivity contribution in [1.82, 2.24) is 9.80 Å². The minimum atomic E-state index is 0.0542. The lowest BCUT2D eigenvalue weighted by Crippen LogP contribution is -2.40. The van der Waals surface area contributed by atoms with Crippen molar-refractivity contribution in [1.29, 1.82) is 0 Å². The van der Waals surface area contributed by atoms with Crippen LogP contribution >= 0.6 is 0 Å². The fraction of sp³-hybridized carbons (Fsp3) is 0.619. The van der Waals surface area contributed by atoms with Gasteiger partial charge in [0.25, 0.3) is 5.91 Å². The maximum absolute atomic E-state index is 12.6. The second-order valence-corrected chi connectivity index (χ2v) is 6.47. The summed E-state index contributed by atoms with van der Waals surface area (Å²) < 4.78 is 0. The highest BCUT2D eigenvalue weighted by Crippen LogP contribution is 2.34. The van der Waals surface area contributed by atoms with Crippen LogP contribution in [0.25, 0.3) is 0 Å². The van der Waals surface area contributed by atoms with Gasteiger partial charge >= 0.3 is 0 Å². The zero-order valence-electron chi connectivity index (χ0n) is 17.1. The van der Waals surface area contributed by atoms with Gasteiger partial charge in [-0.3, -0.25) is 4.79 Å². The molecule has 0 aromatic rings. The summed E-state index contributed by atoms with van der Waals surface area (Å²) in [5.74, 6) is 0.991. The average Bonchev–Trinajstić information content (AvgIpc) is 3.23. The molecule has 0 unspecified atom stereocenters. The zero-order valence-corrected chi connectivity index (χ0v) is 17.1. The van der Waals surface area contributed by atoms with E-state index in [-0.39, 0.29) is 5.91 Å². The SMILES string of the molecule is C/C=C1/C=C(C(=O)N(C)C)N(C2CCCC2)/C1=N/C(C)=C\CC.CC. The Morgan fingerprint density at radius 1 is 1.32 bits per heavy atom. The first kappa shape index (κ1) is 21.2. The molecule has 0 aromatic heterocycles. The molecule has 0 bridgehead atoms. The number of aliphatic imine (C=N–C) groups is 1. The normalized spacial score (nSPS) is 21.5. The Morgan fingerprint density at radius 3 is 2.40 bits per heavy atom. The molecule has 2 rings (SSSR count). The van der Waals surface area contributed by atoms with E-state index in [1.165, 1.54) is 12.8 Å². The quantitative estimate of drug-likeness (QED) is 0.726. The van der Waals surface area contributed by atoms with Gasteiger partial charge in [0, 0.05) is 31.4 Å². The highest BCUT2D eigenvalue weighted by atomic mass is 16.2. The number of carbonyl (C=O) groups is 1. The van der Waals surface area contributed by atoms with Gasteiger partial charge in [-0.15, -0.1) is 0 Å². The zero-order chi connectivity index (χ0) is 19.0. The van der Waals surface area contributed by atoms with Gasteiger partial charge in [0.05, 0.1) is 0 Å². The average molecular weight is 346 g/mol. The first-order valence-corrected chi connectivity index (χ1v) is 9.64. The number of carbonyl (C=O) groups excluding carboxylic acids is 1. The first-order chi connectivity index (χ1) is 12.0. The van der Waals surface area contributed by atoms with Gasteiger partial charge in [0.1, 0.15) is 11.5 Å². The maximum Gasteiger partial charge on any atom is 0.270 e. The number of hydrogen-bond acceptors (Lipinski definition) is 2. The predicted molar refractivity (Wildman–Crippen MR) is 107 cm³/mol. The fourth-order valence-electron chi connectivity index (χ4n) is 3.30. The van der Waals surface area contributed by atoms with Crippen molar-refractivity contribution in [2.45, 2.75) is 72.8 Å². The Hall–Kier alpha value is -1.84. The van der Waals surface area contributed by atoms with E-state index in [0.717, 1.165) is 42.1 Å². The van der Waals surface area contributed by atoms with Crippen molar-refractivity contribution >= 4 is 11.7 Å². The fourth-order valence-corrected chi connectivity index (χ4v) is 3.30. The van der Waals surface area contributed by atoms with Crippen LogP contribution in [-0.2, 0) is 4.79 Å². The maximum atomic E-state index is 12.6. The summed E-state index contributed by atoms with van der Waals surface area (Å²) in [6.45, 7) is 10.2. The van der Waals surface area contributed by atoms with E-state index in [4.69, 9.17) is 4.99 Å². The van der Waals surface area contributed by atoms with Crippen molar-refractivity contribution in [3.63, 3.8) is 0 Å². The van der Waals surface area contributed by atoms with Crippen LogP contribution in [0.5, 0.6) is 0 Å². The van der Waals surface area contributed by atoms with Crippen molar-refractivity contribution < 1.29 is 4.79 Å². The third-order valence-electron chi connectivity index (χ3n) is 4.45. The minimum Gasteiger partial charge on any atom is -0.343 e. The Kier molecular flexibility index (Phi) is 8.67. The van der Waals surface area contributed by atoms with Crippen molar-refractivity contribution in [2.75, 3.05) is 14.1 Å². The van der Waals surface area contributed by atoms with Crippen molar-refractivity contribution in [3.05, 3.63) is 35.2 Å². The molecule has 1 aliphatic carbocycles. The van der Waals surface area contributed by atoms with Crippen LogP contribution in [0.4, 0.5) is 0 Å². The minimum absolute atomic E-state index is 0.0542. The molecule has 1 amide bonds. The van der Waals surface area contributed by atoms with Gasteiger partial charge in [-0.25, -0.2) is 4.99 Å². The summed E-state index contributed by atoms with van der Waals surface area (Å²) in [6, 6.07) is 0.385. The van der Waals surface area contributed by atoms with Gasteiger partial charge in [-0.05, 0) is 39.2 Å². The van der Waals surface area contributed by atoms with Gasteiger partial charge in [0.15, 0.2) is 0 Å². The van der Waals surface area contributed by atoms with Gasteiger partial charge < -0.3 is 9.80 Å². The van der Waals surface area contributed by atoms with E-state index in [1.54, 1.807) is 4.90 Å². The second kappa shape index (κ2) is 10.2. The lowest BCUT2D eigenvalue weighted by atomic mass is 10.2. The standard InChI is InChI=1S/C19H29N3O.C2H6/c1-6-10-14(3)20-18-15(7-2)13-17(19(23)21(4)5)22(18)16-11-8-9-12-16;1-2/h7,10,13,16H,6,8-9,11-12H2,1-5H3;1-2H3/b14-10-,15-7-,20-18+;. The smallest absolute Gasteiger partial charge is 0.270 e. The summed E-state index contributed by atoms with van der Waals surface area (Å²) in [4.78, 5) is 21.3. The molecule has 1 fully saturated rings. The molecule has 0 atom stereocenters. The summed E-state index contributed by atoms with van der Waals surface area (Å²) in [7, 11) is 3.62. The largest absolute Gasteiger partial charge is 0.343 e. The summed E-state index contributed by atoms with van der Waals surface area (Å²) in [6.07, 6.45) is 11.9. The van der Waals surface area contributed by atoms with Gasteiger partial charge in [0.2, 0.25) is 0 Å². The van der Waals surface area contributed by atoms with E-state index in [0.29, 0.717) is 6.04 Å². The molecule has 0 saturated heterocycles. The number of hydrogen-bond donors (Lipinski definition) is 0. The number of amidine groups is 1. The first-order valence-electron chi connectivity index (χ1n) is 9.64. The van der Waals surface area contributed by atoms with Crippen LogP contribution in [-0.4, -0.2) is 41.7 Å². The molecule has 1 saturated carbocycles. The van der Waals surface area contributed by atoms with E-state index in [2.05, 4.69) is 24.0 Å². The van der Waals surface area contributed by atoms with Crippen LogP contribution in [0.1, 0.15) is 66.7 Å². The number of rotatable bonds is 4. The van der Waals surface area contributed by atoms with E-state index in [9.17, 15) is 4.79 Å². The number of likely N-dealkylation sites (N-methyl/N-ethyl adjacent to an activating group) is 1. The highest BCUT2D eigenvalue weighted by Gasteiger charge is 2.37. The molecule has 0 radical (unpaired) electrons. The number of nitrogens with zero attached hydrogens (tertiary/aromatic N) is 3. The Bertz CT molecular complexity index is 576. The Morgan fingerprint density at radius 2 is 1.92 bits per heavy atom. The van der Waals surface area contributed by atoms with Crippen LogP contribution in [0.15, 0.2) is 40.2 Å². The molecule has 2 aliphatic rings. The van der Waals surface area contributed by atoms with E-state index in [1.807, 2.05) is 47.9 Å². The van der Waals surface area contributed by atoms with Crippen LogP contribution in [0.3, 0.4) is 0 Å².